The molecule has 0 saturated carbocycles. The number of morpholine rings is 1. The van der Waals surface area contributed by atoms with Crippen LogP contribution in [0.2, 0.25) is 5.02 Å². The van der Waals surface area contributed by atoms with Gasteiger partial charge in [0.05, 0.1) is 30.8 Å². The summed E-state index contributed by atoms with van der Waals surface area (Å²) in [6.45, 7) is 5.29. The minimum Gasteiger partial charge on any atom is -0.378 e. The Balaban J connectivity index is 1.73. The van der Waals surface area contributed by atoms with E-state index in [2.05, 4.69) is 11.5 Å². The van der Waals surface area contributed by atoms with Crippen LogP contribution >= 0.6 is 11.6 Å². The van der Waals surface area contributed by atoms with E-state index in [1.807, 2.05) is 47.4 Å². The first-order valence-electron chi connectivity index (χ1n) is 10.3. The highest BCUT2D eigenvalue weighted by Crippen LogP contribution is 2.24. The van der Waals surface area contributed by atoms with Crippen molar-refractivity contribution in [3.63, 3.8) is 0 Å². The third kappa shape index (κ3) is 4.31. The number of amides is 1. The van der Waals surface area contributed by atoms with Crippen molar-refractivity contribution in [1.29, 1.82) is 0 Å². The Morgan fingerprint density at radius 1 is 1.17 bits per heavy atom. The fraction of sp³-hybridized carbons (Fsp3) is 0.391. The van der Waals surface area contributed by atoms with Crippen LogP contribution in [0.25, 0.3) is 11.0 Å². The monoisotopic (exact) mass is 411 g/mol. The predicted molar refractivity (Wildman–Crippen MR) is 116 cm³/mol. The number of fused-ring (bicyclic) bond motifs is 1. The SMILES string of the molecule is CCCCc1nc2ccc(C(=O)N3CCOCC3)cc2n1Cc1ccccc1Cl. The highest BCUT2D eigenvalue weighted by molar-refractivity contribution is 6.31. The van der Waals surface area contributed by atoms with Crippen LogP contribution in [-0.2, 0) is 17.7 Å². The van der Waals surface area contributed by atoms with Gasteiger partial charge in [0.1, 0.15) is 5.82 Å². The van der Waals surface area contributed by atoms with Crippen LogP contribution in [0.15, 0.2) is 42.5 Å². The summed E-state index contributed by atoms with van der Waals surface area (Å²) >= 11 is 6.43. The Labute approximate surface area is 176 Å². The van der Waals surface area contributed by atoms with Gasteiger partial charge in [-0.3, -0.25) is 4.79 Å². The molecule has 1 amide bonds. The molecular weight excluding hydrogens is 386 g/mol. The van der Waals surface area contributed by atoms with E-state index in [1.54, 1.807) is 0 Å². The first-order chi connectivity index (χ1) is 14.2. The van der Waals surface area contributed by atoms with Gasteiger partial charge in [-0.25, -0.2) is 4.98 Å². The largest absolute Gasteiger partial charge is 0.378 e. The fourth-order valence-corrected chi connectivity index (χ4v) is 3.95. The van der Waals surface area contributed by atoms with E-state index in [9.17, 15) is 4.79 Å². The number of aryl methyl sites for hydroxylation is 1. The highest BCUT2D eigenvalue weighted by Gasteiger charge is 2.20. The van der Waals surface area contributed by atoms with Gasteiger partial charge < -0.3 is 14.2 Å². The zero-order valence-electron chi connectivity index (χ0n) is 16.7. The van der Waals surface area contributed by atoms with E-state index in [0.717, 1.165) is 46.7 Å². The average Bonchev–Trinajstić information content (AvgIpc) is 3.10. The van der Waals surface area contributed by atoms with Crippen LogP contribution in [0, 0.1) is 0 Å². The summed E-state index contributed by atoms with van der Waals surface area (Å²) in [4.78, 5) is 19.7. The maximum atomic E-state index is 13.0. The summed E-state index contributed by atoms with van der Waals surface area (Å²) in [7, 11) is 0. The van der Waals surface area contributed by atoms with E-state index < -0.39 is 0 Å². The van der Waals surface area contributed by atoms with Gasteiger partial charge in [0.15, 0.2) is 0 Å². The molecule has 5 nitrogen and oxygen atoms in total. The zero-order chi connectivity index (χ0) is 20.2. The van der Waals surface area contributed by atoms with Crippen molar-refractivity contribution in [3.8, 4) is 0 Å². The predicted octanol–water partition coefficient (Wildman–Crippen LogP) is 4.55. The molecule has 1 aromatic heterocycles. The van der Waals surface area contributed by atoms with Gasteiger partial charge >= 0.3 is 0 Å². The number of aromatic nitrogens is 2. The van der Waals surface area contributed by atoms with Crippen molar-refractivity contribution in [2.75, 3.05) is 26.3 Å². The van der Waals surface area contributed by atoms with Crippen molar-refractivity contribution in [3.05, 3.63) is 64.4 Å². The van der Waals surface area contributed by atoms with Crippen molar-refractivity contribution < 1.29 is 9.53 Å². The van der Waals surface area contributed by atoms with E-state index in [1.165, 1.54) is 0 Å². The molecule has 0 spiro atoms. The number of nitrogens with zero attached hydrogens (tertiary/aromatic N) is 3. The Bertz CT molecular complexity index is 1010. The summed E-state index contributed by atoms with van der Waals surface area (Å²) in [5.74, 6) is 1.09. The Morgan fingerprint density at radius 3 is 2.72 bits per heavy atom. The van der Waals surface area contributed by atoms with Crippen LogP contribution in [0.5, 0.6) is 0 Å². The number of hydrogen-bond donors (Lipinski definition) is 0. The molecule has 0 aliphatic carbocycles. The van der Waals surface area contributed by atoms with Crippen molar-refractivity contribution >= 4 is 28.5 Å². The summed E-state index contributed by atoms with van der Waals surface area (Å²) in [6, 6.07) is 13.7. The molecule has 152 valence electrons. The minimum absolute atomic E-state index is 0.0517. The molecule has 6 heteroatoms. The van der Waals surface area contributed by atoms with Crippen molar-refractivity contribution in [2.24, 2.45) is 0 Å². The Morgan fingerprint density at radius 2 is 1.97 bits per heavy atom. The Hall–Kier alpha value is -2.37. The fourth-order valence-electron chi connectivity index (χ4n) is 3.75. The normalized spacial score (nSPS) is 14.5. The third-order valence-corrected chi connectivity index (χ3v) is 5.78. The molecule has 3 aromatic rings. The molecule has 1 saturated heterocycles. The van der Waals surface area contributed by atoms with Crippen LogP contribution in [0.3, 0.4) is 0 Å². The first kappa shape index (κ1) is 19.9. The second-order valence-corrected chi connectivity index (χ2v) is 7.82. The summed E-state index contributed by atoms with van der Waals surface area (Å²) in [5.41, 5.74) is 3.65. The van der Waals surface area contributed by atoms with Crippen molar-refractivity contribution in [2.45, 2.75) is 32.7 Å². The molecule has 0 atom stereocenters. The average molecular weight is 412 g/mol. The maximum absolute atomic E-state index is 13.0. The van der Waals surface area contributed by atoms with Crippen LogP contribution < -0.4 is 0 Å². The lowest BCUT2D eigenvalue weighted by atomic mass is 10.1. The van der Waals surface area contributed by atoms with Crippen molar-refractivity contribution in [1.82, 2.24) is 14.5 Å². The number of benzene rings is 2. The molecule has 0 unspecified atom stereocenters. The smallest absolute Gasteiger partial charge is 0.254 e. The number of rotatable bonds is 6. The number of halogens is 1. The highest BCUT2D eigenvalue weighted by atomic mass is 35.5. The van der Waals surface area contributed by atoms with Gasteiger partial charge in [-0.15, -0.1) is 0 Å². The lowest BCUT2D eigenvalue weighted by Gasteiger charge is -2.26. The third-order valence-electron chi connectivity index (χ3n) is 5.41. The number of unbranched alkanes of at least 4 members (excludes halogenated alkanes) is 1. The number of ether oxygens (including phenoxy) is 1. The van der Waals surface area contributed by atoms with Crippen LogP contribution in [0.1, 0.15) is 41.5 Å². The summed E-state index contributed by atoms with van der Waals surface area (Å²) in [6.07, 6.45) is 3.09. The molecule has 0 radical (unpaired) electrons. The van der Waals surface area contributed by atoms with E-state index in [4.69, 9.17) is 21.3 Å². The lowest BCUT2D eigenvalue weighted by molar-refractivity contribution is 0.0303. The minimum atomic E-state index is 0.0517. The topological polar surface area (TPSA) is 47.4 Å². The molecule has 2 aromatic carbocycles. The molecular formula is C23H26ClN3O2. The van der Waals surface area contributed by atoms with Gasteiger partial charge in [-0.2, -0.15) is 0 Å². The van der Waals surface area contributed by atoms with Crippen LogP contribution in [-0.4, -0.2) is 46.7 Å². The second-order valence-electron chi connectivity index (χ2n) is 7.42. The summed E-state index contributed by atoms with van der Waals surface area (Å²) < 4.78 is 7.58. The Kier molecular flexibility index (Phi) is 6.16. The summed E-state index contributed by atoms with van der Waals surface area (Å²) in [5, 5.41) is 0.747. The number of carbonyl (C=O) groups excluding carboxylic acids is 1. The van der Waals surface area contributed by atoms with Gasteiger partial charge in [-0.05, 0) is 36.2 Å². The van der Waals surface area contributed by atoms with Crippen LogP contribution in [0.4, 0.5) is 0 Å². The van der Waals surface area contributed by atoms with E-state index in [0.29, 0.717) is 38.4 Å². The molecule has 1 aliphatic rings. The zero-order valence-corrected chi connectivity index (χ0v) is 17.5. The standard InChI is InChI=1S/C23H26ClN3O2/c1-2-3-8-22-25-20-10-9-17(23(28)26-11-13-29-14-12-26)15-21(20)27(22)16-18-6-4-5-7-19(18)24/h4-7,9-10,15H,2-3,8,11-14,16H2,1H3. The molecule has 1 aliphatic heterocycles. The molecule has 2 heterocycles. The first-order valence-corrected chi connectivity index (χ1v) is 10.6. The molecule has 0 bridgehead atoms. The second kappa shape index (κ2) is 8.97. The lowest BCUT2D eigenvalue weighted by Crippen LogP contribution is -2.40. The quantitative estimate of drug-likeness (QED) is 0.597. The van der Waals surface area contributed by atoms with Gasteiger partial charge in [-0.1, -0.05) is 43.1 Å². The maximum Gasteiger partial charge on any atom is 0.254 e. The molecule has 1 fully saturated rings. The number of carbonyl (C=O) groups is 1. The molecule has 4 rings (SSSR count). The van der Waals surface area contributed by atoms with E-state index >= 15 is 0 Å². The number of hydrogen-bond acceptors (Lipinski definition) is 3. The van der Waals surface area contributed by atoms with Gasteiger partial charge in [0.2, 0.25) is 0 Å². The van der Waals surface area contributed by atoms with E-state index in [-0.39, 0.29) is 5.91 Å². The van der Waals surface area contributed by atoms with Gasteiger partial charge in [0.25, 0.3) is 5.91 Å². The molecule has 0 N–H and O–H groups in total. The molecule has 29 heavy (non-hydrogen) atoms. The number of imidazole rings is 1. The van der Waals surface area contributed by atoms with Gasteiger partial charge in [0, 0.05) is 30.1 Å².